The van der Waals surface area contributed by atoms with Gasteiger partial charge in [0.15, 0.2) is 0 Å². The number of alkyl halides is 1. The van der Waals surface area contributed by atoms with Crippen LogP contribution in [-0.4, -0.2) is 30.0 Å². The SMILES string of the molecule is CCC(C)(CC)NCC(Br)C(=O)OC. The maximum Gasteiger partial charge on any atom is 0.320 e. The minimum atomic E-state index is -0.259. The molecule has 84 valence electrons. The van der Waals surface area contributed by atoms with E-state index >= 15 is 0 Å². The Morgan fingerprint density at radius 3 is 2.36 bits per heavy atom. The second kappa shape index (κ2) is 6.40. The van der Waals surface area contributed by atoms with Crippen LogP contribution in [0, 0.1) is 0 Å². The van der Waals surface area contributed by atoms with Crippen LogP contribution in [0.15, 0.2) is 0 Å². The largest absolute Gasteiger partial charge is 0.468 e. The molecule has 0 aromatic heterocycles. The van der Waals surface area contributed by atoms with Crippen LogP contribution in [0.4, 0.5) is 0 Å². The summed E-state index contributed by atoms with van der Waals surface area (Å²) < 4.78 is 4.62. The summed E-state index contributed by atoms with van der Waals surface area (Å²) in [7, 11) is 1.40. The van der Waals surface area contributed by atoms with Gasteiger partial charge in [-0.2, -0.15) is 0 Å². The molecule has 14 heavy (non-hydrogen) atoms. The Kier molecular flexibility index (Phi) is 6.36. The van der Waals surface area contributed by atoms with Crippen molar-refractivity contribution in [3.63, 3.8) is 0 Å². The van der Waals surface area contributed by atoms with Gasteiger partial charge in [0.05, 0.1) is 7.11 Å². The molecule has 0 aliphatic rings. The van der Waals surface area contributed by atoms with Crippen LogP contribution in [0.25, 0.3) is 0 Å². The zero-order chi connectivity index (χ0) is 11.2. The van der Waals surface area contributed by atoms with E-state index in [1.165, 1.54) is 7.11 Å². The maximum atomic E-state index is 11.1. The molecule has 3 nitrogen and oxygen atoms in total. The molecule has 0 rings (SSSR count). The minimum Gasteiger partial charge on any atom is -0.468 e. The molecule has 0 bridgehead atoms. The van der Waals surface area contributed by atoms with Gasteiger partial charge in [-0.3, -0.25) is 4.79 Å². The van der Waals surface area contributed by atoms with Crippen molar-refractivity contribution in [2.45, 2.75) is 44.0 Å². The van der Waals surface area contributed by atoms with Crippen LogP contribution in [0.5, 0.6) is 0 Å². The first kappa shape index (κ1) is 13.9. The molecule has 0 fully saturated rings. The molecule has 0 saturated carbocycles. The lowest BCUT2D eigenvalue weighted by atomic mass is 9.95. The van der Waals surface area contributed by atoms with E-state index in [0.717, 1.165) is 12.8 Å². The fourth-order valence-corrected chi connectivity index (χ4v) is 1.40. The highest BCUT2D eigenvalue weighted by Gasteiger charge is 2.22. The highest BCUT2D eigenvalue weighted by molar-refractivity contribution is 9.10. The van der Waals surface area contributed by atoms with Gasteiger partial charge in [-0.05, 0) is 19.8 Å². The number of hydrogen-bond acceptors (Lipinski definition) is 3. The molecular formula is C10H20BrNO2. The summed E-state index contributed by atoms with van der Waals surface area (Å²) in [5, 5.41) is 3.36. The number of methoxy groups -OCH3 is 1. The summed E-state index contributed by atoms with van der Waals surface area (Å²) in [5.74, 6) is -0.230. The van der Waals surface area contributed by atoms with Crippen molar-refractivity contribution in [2.24, 2.45) is 0 Å². The Morgan fingerprint density at radius 2 is 2.00 bits per heavy atom. The van der Waals surface area contributed by atoms with Gasteiger partial charge in [-0.15, -0.1) is 0 Å². The van der Waals surface area contributed by atoms with E-state index in [9.17, 15) is 4.79 Å². The summed E-state index contributed by atoms with van der Waals surface area (Å²) >= 11 is 3.28. The standard InChI is InChI=1S/C10H20BrNO2/c1-5-10(3,6-2)12-7-8(11)9(13)14-4/h8,12H,5-7H2,1-4H3. The van der Waals surface area contributed by atoms with E-state index in [1.807, 2.05) is 0 Å². The Bertz CT molecular complexity index is 181. The van der Waals surface area contributed by atoms with Gasteiger partial charge in [0, 0.05) is 12.1 Å². The van der Waals surface area contributed by atoms with Crippen LogP contribution in [0.2, 0.25) is 0 Å². The molecule has 0 aromatic rings. The topological polar surface area (TPSA) is 38.3 Å². The molecule has 1 atom stereocenters. The predicted octanol–water partition coefficient (Wildman–Crippen LogP) is 2.09. The first-order chi connectivity index (χ1) is 6.49. The van der Waals surface area contributed by atoms with Crippen LogP contribution in [0.1, 0.15) is 33.6 Å². The van der Waals surface area contributed by atoms with Crippen LogP contribution >= 0.6 is 15.9 Å². The molecule has 0 amide bonds. The molecule has 0 radical (unpaired) electrons. The number of ether oxygens (including phenoxy) is 1. The summed E-state index contributed by atoms with van der Waals surface area (Å²) in [5.41, 5.74) is 0.111. The Balaban J connectivity index is 3.97. The van der Waals surface area contributed by atoms with Crippen molar-refractivity contribution in [2.75, 3.05) is 13.7 Å². The number of nitrogens with one attached hydrogen (secondary N) is 1. The molecular weight excluding hydrogens is 246 g/mol. The average Bonchev–Trinajstić information content (AvgIpc) is 2.24. The Hall–Kier alpha value is -0.0900. The quantitative estimate of drug-likeness (QED) is 0.591. The average molecular weight is 266 g/mol. The molecule has 0 aliphatic carbocycles. The van der Waals surface area contributed by atoms with Crippen molar-refractivity contribution in [3.8, 4) is 0 Å². The lowest BCUT2D eigenvalue weighted by Gasteiger charge is -2.29. The second-order valence-electron chi connectivity index (χ2n) is 3.64. The number of hydrogen-bond donors (Lipinski definition) is 1. The van der Waals surface area contributed by atoms with Gasteiger partial charge < -0.3 is 10.1 Å². The van der Waals surface area contributed by atoms with Crippen molar-refractivity contribution >= 4 is 21.9 Å². The van der Waals surface area contributed by atoms with Crippen molar-refractivity contribution in [1.29, 1.82) is 0 Å². The fraction of sp³-hybridized carbons (Fsp3) is 0.900. The van der Waals surface area contributed by atoms with E-state index in [1.54, 1.807) is 0 Å². The third-order valence-electron chi connectivity index (χ3n) is 2.73. The lowest BCUT2D eigenvalue weighted by molar-refractivity contribution is -0.139. The summed E-state index contributed by atoms with van der Waals surface area (Å²) in [4.78, 5) is 10.8. The van der Waals surface area contributed by atoms with Crippen LogP contribution < -0.4 is 5.32 Å². The van der Waals surface area contributed by atoms with Crippen LogP contribution in [-0.2, 0) is 9.53 Å². The lowest BCUT2D eigenvalue weighted by Crippen LogP contribution is -2.45. The Morgan fingerprint density at radius 1 is 1.50 bits per heavy atom. The number of esters is 1. The predicted molar refractivity (Wildman–Crippen MR) is 61.7 cm³/mol. The summed E-state index contributed by atoms with van der Waals surface area (Å²) in [6.45, 7) is 7.03. The van der Waals surface area contributed by atoms with E-state index in [4.69, 9.17) is 0 Å². The van der Waals surface area contributed by atoms with E-state index in [2.05, 4.69) is 46.8 Å². The third-order valence-corrected chi connectivity index (χ3v) is 3.42. The molecule has 1 N–H and O–H groups in total. The zero-order valence-electron chi connectivity index (χ0n) is 9.39. The van der Waals surface area contributed by atoms with Crippen molar-refractivity contribution in [3.05, 3.63) is 0 Å². The number of carbonyl (C=O) groups excluding carboxylic acids is 1. The smallest absolute Gasteiger partial charge is 0.320 e. The number of rotatable bonds is 6. The molecule has 0 spiro atoms. The molecule has 1 unspecified atom stereocenters. The first-order valence-corrected chi connectivity index (χ1v) is 5.87. The molecule has 0 aromatic carbocycles. The molecule has 4 heteroatoms. The van der Waals surface area contributed by atoms with E-state index < -0.39 is 0 Å². The molecule has 0 heterocycles. The van der Waals surface area contributed by atoms with Gasteiger partial charge in [-0.25, -0.2) is 0 Å². The fourth-order valence-electron chi connectivity index (χ4n) is 1.05. The van der Waals surface area contributed by atoms with Gasteiger partial charge in [-0.1, -0.05) is 29.8 Å². The monoisotopic (exact) mass is 265 g/mol. The van der Waals surface area contributed by atoms with Crippen molar-refractivity contribution < 1.29 is 9.53 Å². The van der Waals surface area contributed by atoms with E-state index in [0.29, 0.717) is 6.54 Å². The second-order valence-corrected chi connectivity index (χ2v) is 4.74. The third kappa shape index (κ3) is 4.42. The van der Waals surface area contributed by atoms with Crippen molar-refractivity contribution in [1.82, 2.24) is 5.32 Å². The Labute approximate surface area is 94.7 Å². The molecule has 0 saturated heterocycles. The highest BCUT2D eigenvalue weighted by atomic mass is 79.9. The number of carbonyl (C=O) groups is 1. The summed E-state index contributed by atoms with van der Waals surface area (Å²) in [6, 6.07) is 0. The van der Waals surface area contributed by atoms with E-state index in [-0.39, 0.29) is 16.3 Å². The number of halogens is 1. The highest BCUT2D eigenvalue weighted by Crippen LogP contribution is 2.14. The zero-order valence-corrected chi connectivity index (χ0v) is 11.0. The van der Waals surface area contributed by atoms with Gasteiger partial charge in [0.1, 0.15) is 4.83 Å². The maximum absolute atomic E-state index is 11.1. The molecule has 0 aliphatic heterocycles. The van der Waals surface area contributed by atoms with Crippen LogP contribution in [0.3, 0.4) is 0 Å². The van der Waals surface area contributed by atoms with Gasteiger partial charge in [0.2, 0.25) is 0 Å². The summed E-state index contributed by atoms with van der Waals surface area (Å²) in [6.07, 6.45) is 2.09. The normalized spacial score (nSPS) is 13.8. The van der Waals surface area contributed by atoms with Gasteiger partial charge >= 0.3 is 5.97 Å². The first-order valence-electron chi connectivity index (χ1n) is 4.96. The minimum absolute atomic E-state index is 0.111. The van der Waals surface area contributed by atoms with Gasteiger partial charge in [0.25, 0.3) is 0 Å².